The molecule has 1 aliphatic heterocycles. The summed E-state index contributed by atoms with van der Waals surface area (Å²) < 4.78 is 0. The van der Waals surface area contributed by atoms with Gasteiger partial charge in [-0.15, -0.1) is 0 Å². The Balaban J connectivity index is 1.94. The van der Waals surface area contributed by atoms with Crippen molar-refractivity contribution in [2.75, 3.05) is 11.5 Å². The molecule has 1 aliphatic rings. The Morgan fingerprint density at radius 2 is 2.00 bits per heavy atom. The van der Waals surface area contributed by atoms with Gasteiger partial charge in [-0.2, -0.15) is 11.8 Å². The molecule has 1 fully saturated rings. The minimum atomic E-state index is -1.16. The van der Waals surface area contributed by atoms with Crippen LogP contribution in [0.25, 0.3) is 0 Å². The Kier molecular flexibility index (Phi) is 5.49. The molecule has 1 saturated heterocycles. The zero-order chi connectivity index (χ0) is 14.4. The second kappa shape index (κ2) is 7.14. The van der Waals surface area contributed by atoms with Crippen molar-refractivity contribution in [1.82, 2.24) is 5.32 Å². The number of hydrogen-bond acceptors (Lipinski definition) is 3. The first kappa shape index (κ1) is 15.4. The van der Waals surface area contributed by atoms with Crippen LogP contribution in [0.5, 0.6) is 0 Å². The van der Waals surface area contributed by atoms with Gasteiger partial charge in [-0.25, -0.2) is 0 Å². The van der Waals surface area contributed by atoms with Crippen LogP contribution in [0.15, 0.2) is 30.3 Å². The van der Waals surface area contributed by atoms with Crippen LogP contribution >= 0.6 is 11.8 Å². The lowest BCUT2D eigenvalue weighted by Gasteiger charge is -2.32. The highest BCUT2D eigenvalue weighted by Gasteiger charge is 2.37. The van der Waals surface area contributed by atoms with Crippen molar-refractivity contribution in [3.63, 3.8) is 0 Å². The molecule has 0 saturated carbocycles. The predicted molar refractivity (Wildman–Crippen MR) is 83.9 cm³/mol. The summed E-state index contributed by atoms with van der Waals surface area (Å²) in [5.41, 5.74) is 0.0564. The van der Waals surface area contributed by atoms with Crippen LogP contribution in [-0.4, -0.2) is 34.2 Å². The van der Waals surface area contributed by atoms with E-state index >= 15 is 0 Å². The smallest absolute Gasteiger partial charge is 0.252 e. The molecule has 0 aromatic heterocycles. The number of rotatable bonds is 5. The van der Waals surface area contributed by atoms with Gasteiger partial charge in [0, 0.05) is 6.04 Å². The maximum absolute atomic E-state index is 12.3. The van der Waals surface area contributed by atoms with Crippen molar-refractivity contribution >= 4 is 17.7 Å². The lowest BCUT2D eigenvalue weighted by Crippen LogP contribution is -2.52. The second-order valence-electron chi connectivity index (χ2n) is 5.41. The van der Waals surface area contributed by atoms with Gasteiger partial charge < -0.3 is 10.4 Å². The normalized spacial score (nSPS) is 19.3. The van der Waals surface area contributed by atoms with Crippen LogP contribution in [0, 0.1) is 0 Å². The number of carbonyl (C=O) groups is 1. The monoisotopic (exact) mass is 293 g/mol. The van der Waals surface area contributed by atoms with Crippen LogP contribution in [0.4, 0.5) is 0 Å². The van der Waals surface area contributed by atoms with Crippen molar-refractivity contribution < 1.29 is 9.90 Å². The number of amides is 1. The molecule has 1 heterocycles. The molecule has 0 radical (unpaired) electrons. The summed E-state index contributed by atoms with van der Waals surface area (Å²) in [4.78, 5) is 12.3. The van der Waals surface area contributed by atoms with Gasteiger partial charge in [0.1, 0.15) is 5.60 Å². The quantitative estimate of drug-likeness (QED) is 0.876. The van der Waals surface area contributed by atoms with E-state index in [2.05, 4.69) is 24.4 Å². The third kappa shape index (κ3) is 4.00. The van der Waals surface area contributed by atoms with Crippen LogP contribution in [0.2, 0.25) is 0 Å². The molecule has 20 heavy (non-hydrogen) atoms. The summed E-state index contributed by atoms with van der Waals surface area (Å²) in [5, 5.41) is 13.5. The first-order valence-corrected chi connectivity index (χ1v) is 8.44. The van der Waals surface area contributed by atoms with Gasteiger partial charge in [0.15, 0.2) is 0 Å². The van der Waals surface area contributed by atoms with E-state index in [-0.39, 0.29) is 11.9 Å². The summed E-state index contributed by atoms with van der Waals surface area (Å²) in [6.45, 7) is 2.06. The summed E-state index contributed by atoms with van der Waals surface area (Å²) in [5.74, 6) is 1.53. The average Bonchev–Trinajstić information content (AvgIpc) is 2.48. The van der Waals surface area contributed by atoms with Crippen LogP contribution < -0.4 is 5.32 Å². The second-order valence-corrected chi connectivity index (χ2v) is 6.64. The van der Waals surface area contributed by atoms with Crippen molar-refractivity contribution in [1.29, 1.82) is 0 Å². The first-order chi connectivity index (χ1) is 9.64. The Labute approximate surface area is 125 Å². The number of benzene rings is 1. The molecule has 1 aromatic rings. The molecule has 1 atom stereocenters. The Hall–Kier alpha value is -1.000. The number of carbonyl (C=O) groups excluding carboxylic acids is 1. The third-order valence-electron chi connectivity index (χ3n) is 3.90. The van der Waals surface area contributed by atoms with Crippen LogP contribution in [-0.2, 0) is 11.2 Å². The van der Waals surface area contributed by atoms with Gasteiger partial charge in [0.25, 0.3) is 5.91 Å². The topological polar surface area (TPSA) is 49.3 Å². The zero-order valence-corrected chi connectivity index (χ0v) is 12.8. The lowest BCUT2D eigenvalue weighted by molar-refractivity contribution is -0.141. The standard InChI is InChI=1S/C16H23NO2S/c1-2-14(12-13-6-4-3-5-7-13)17-15(18)16(19)8-10-20-11-9-16/h3-7,14,19H,2,8-12H2,1H3,(H,17,18). The molecule has 2 rings (SSSR count). The Morgan fingerprint density at radius 3 is 2.60 bits per heavy atom. The van der Waals surface area contributed by atoms with E-state index in [0.29, 0.717) is 12.8 Å². The van der Waals surface area contributed by atoms with Crippen LogP contribution in [0.1, 0.15) is 31.7 Å². The van der Waals surface area contributed by atoms with E-state index in [4.69, 9.17) is 0 Å². The molecular formula is C16H23NO2S. The van der Waals surface area contributed by atoms with Crippen LogP contribution in [0.3, 0.4) is 0 Å². The number of thioether (sulfide) groups is 1. The van der Waals surface area contributed by atoms with Gasteiger partial charge in [-0.1, -0.05) is 37.3 Å². The molecule has 1 amide bonds. The van der Waals surface area contributed by atoms with Crippen molar-refractivity contribution in [3.05, 3.63) is 35.9 Å². The van der Waals surface area contributed by atoms with E-state index < -0.39 is 5.60 Å². The van der Waals surface area contributed by atoms with Gasteiger partial charge >= 0.3 is 0 Å². The van der Waals surface area contributed by atoms with E-state index in [9.17, 15) is 9.90 Å². The van der Waals surface area contributed by atoms with Crippen molar-refractivity contribution in [3.8, 4) is 0 Å². The number of nitrogens with one attached hydrogen (secondary N) is 1. The molecule has 1 aromatic carbocycles. The Bertz CT molecular complexity index is 429. The fraction of sp³-hybridized carbons (Fsp3) is 0.562. The minimum Gasteiger partial charge on any atom is -0.380 e. The maximum atomic E-state index is 12.3. The summed E-state index contributed by atoms with van der Waals surface area (Å²) in [6.07, 6.45) is 2.80. The fourth-order valence-corrected chi connectivity index (χ4v) is 3.62. The molecule has 2 N–H and O–H groups in total. The van der Waals surface area contributed by atoms with E-state index in [1.54, 1.807) is 11.8 Å². The van der Waals surface area contributed by atoms with E-state index in [1.165, 1.54) is 5.56 Å². The van der Waals surface area contributed by atoms with Gasteiger partial charge in [0.05, 0.1) is 0 Å². The van der Waals surface area contributed by atoms with Crippen molar-refractivity contribution in [2.45, 2.75) is 44.2 Å². The largest absolute Gasteiger partial charge is 0.380 e. The molecular weight excluding hydrogens is 270 g/mol. The predicted octanol–water partition coefficient (Wildman–Crippen LogP) is 2.38. The minimum absolute atomic E-state index is 0.0866. The molecule has 0 aliphatic carbocycles. The molecule has 0 bridgehead atoms. The van der Waals surface area contributed by atoms with Gasteiger partial charge in [-0.05, 0) is 42.8 Å². The summed E-state index contributed by atoms with van der Waals surface area (Å²) in [6, 6.07) is 10.2. The molecule has 0 spiro atoms. The highest BCUT2D eigenvalue weighted by molar-refractivity contribution is 7.99. The van der Waals surface area contributed by atoms with Gasteiger partial charge in [-0.3, -0.25) is 4.79 Å². The van der Waals surface area contributed by atoms with Crippen molar-refractivity contribution in [2.24, 2.45) is 0 Å². The maximum Gasteiger partial charge on any atom is 0.252 e. The SMILES string of the molecule is CCC(Cc1ccccc1)NC(=O)C1(O)CCSCC1. The molecule has 110 valence electrons. The molecule has 3 nitrogen and oxygen atoms in total. The van der Waals surface area contributed by atoms with E-state index in [1.807, 2.05) is 18.2 Å². The first-order valence-electron chi connectivity index (χ1n) is 7.29. The summed E-state index contributed by atoms with van der Waals surface area (Å²) in [7, 11) is 0. The fourth-order valence-electron chi connectivity index (χ4n) is 2.45. The van der Waals surface area contributed by atoms with Gasteiger partial charge in [0.2, 0.25) is 0 Å². The highest BCUT2D eigenvalue weighted by Crippen LogP contribution is 2.27. The number of aliphatic hydroxyl groups is 1. The number of hydrogen-bond donors (Lipinski definition) is 2. The highest BCUT2D eigenvalue weighted by atomic mass is 32.2. The molecule has 4 heteroatoms. The summed E-state index contributed by atoms with van der Waals surface area (Å²) >= 11 is 1.80. The Morgan fingerprint density at radius 1 is 1.35 bits per heavy atom. The third-order valence-corrected chi connectivity index (χ3v) is 4.88. The molecule has 1 unspecified atom stereocenters. The van der Waals surface area contributed by atoms with E-state index in [0.717, 1.165) is 24.3 Å². The lowest BCUT2D eigenvalue weighted by atomic mass is 9.94. The average molecular weight is 293 g/mol. The zero-order valence-electron chi connectivity index (χ0n) is 12.0.